The van der Waals surface area contributed by atoms with E-state index < -0.39 is 17.9 Å². The van der Waals surface area contributed by atoms with Crippen molar-refractivity contribution >= 4 is 56.5 Å². The van der Waals surface area contributed by atoms with Crippen LogP contribution in [0.3, 0.4) is 0 Å². The van der Waals surface area contributed by atoms with Crippen LogP contribution in [0.1, 0.15) is 101 Å². The fourth-order valence-electron chi connectivity index (χ4n) is 7.13. The molecule has 0 spiro atoms. The molecule has 0 unspecified atom stereocenters. The smallest absolute Gasteiger partial charge is 0.224 e. The summed E-state index contributed by atoms with van der Waals surface area (Å²) >= 11 is 7.66. The number of unbranched alkanes of at least 4 members (excludes halogenated alkanes) is 1. The molecule has 1 saturated carbocycles. The number of hydrogen-bond acceptors (Lipinski definition) is 8. The monoisotopic (exact) mass is 708 g/mol. The molecule has 3 aromatic rings. The van der Waals surface area contributed by atoms with Crippen molar-refractivity contribution in [1.82, 2.24) is 15.6 Å². The topological polar surface area (TPSA) is 140 Å². The molecule has 1 fully saturated rings. The number of carbonyl (C=O) groups excluding carboxylic acids is 4. The number of thiazole rings is 1. The van der Waals surface area contributed by atoms with Crippen molar-refractivity contribution in [3.8, 4) is 5.75 Å². The van der Waals surface area contributed by atoms with E-state index in [0.717, 1.165) is 71.5 Å². The van der Waals surface area contributed by atoms with Gasteiger partial charge in [-0.15, -0.1) is 11.3 Å². The highest BCUT2D eigenvalue weighted by molar-refractivity contribution is 7.18. The molecule has 49 heavy (non-hydrogen) atoms. The maximum Gasteiger partial charge on any atom is 0.224 e. The molecule has 0 bridgehead atoms. The van der Waals surface area contributed by atoms with Gasteiger partial charge in [-0.25, -0.2) is 4.98 Å². The summed E-state index contributed by atoms with van der Waals surface area (Å²) in [6, 6.07) is 12.3. The lowest BCUT2D eigenvalue weighted by atomic mass is 9.79. The molecule has 2 amide bonds. The number of halogens is 1. The lowest BCUT2D eigenvalue weighted by molar-refractivity contribution is -0.135. The fourth-order valence-corrected chi connectivity index (χ4v) is 8.46. The Morgan fingerprint density at radius 3 is 2.57 bits per heavy atom. The number of para-hydroxylation sites is 1. The number of amides is 2. The van der Waals surface area contributed by atoms with E-state index in [1.807, 2.05) is 36.4 Å². The van der Waals surface area contributed by atoms with E-state index in [-0.39, 0.29) is 54.6 Å². The Morgan fingerprint density at radius 2 is 1.80 bits per heavy atom. The number of aromatic nitrogens is 1. The second-order valence-electron chi connectivity index (χ2n) is 13.5. The van der Waals surface area contributed by atoms with Gasteiger partial charge in [-0.3, -0.25) is 19.2 Å². The number of nitrogens with zero attached hydrogens (tertiary/aromatic N) is 1. The first-order valence-corrected chi connectivity index (χ1v) is 19.1. The van der Waals surface area contributed by atoms with Gasteiger partial charge in [0.1, 0.15) is 11.5 Å². The number of ketones is 2. The summed E-state index contributed by atoms with van der Waals surface area (Å²) in [5.74, 6) is -1.10. The van der Waals surface area contributed by atoms with Gasteiger partial charge < -0.3 is 21.1 Å². The van der Waals surface area contributed by atoms with Crippen LogP contribution in [0, 0.1) is 17.8 Å². The molecule has 1 aliphatic heterocycles. The van der Waals surface area contributed by atoms with Crippen molar-refractivity contribution in [3.63, 3.8) is 0 Å². The van der Waals surface area contributed by atoms with E-state index in [9.17, 15) is 19.2 Å². The summed E-state index contributed by atoms with van der Waals surface area (Å²) in [7, 11) is 0. The summed E-state index contributed by atoms with van der Waals surface area (Å²) in [4.78, 5) is 59.6. The Kier molecular flexibility index (Phi) is 13.6. The minimum atomic E-state index is -0.727. The Bertz CT molecular complexity index is 1610. The van der Waals surface area contributed by atoms with Gasteiger partial charge >= 0.3 is 0 Å². The zero-order chi connectivity index (χ0) is 34.8. The zero-order valence-corrected chi connectivity index (χ0v) is 30.0. The summed E-state index contributed by atoms with van der Waals surface area (Å²) in [5.41, 5.74) is 7.52. The third kappa shape index (κ3) is 10.1. The van der Waals surface area contributed by atoms with Crippen LogP contribution < -0.4 is 21.1 Å². The predicted molar refractivity (Wildman–Crippen MR) is 194 cm³/mol. The summed E-state index contributed by atoms with van der Waals surface area (Å²) in [6.07, 6.45) is 8.09. The van der Waals surface area contributed by atoms with Crippen LogP contribution in [0.4, 0.5) is 0 Å². The fraction of sp³-hybridized carbons (Fsp3) is 0.553. The molecule has 5 rings (SSSR count). The molecule has 264 valence electrons. The Hall–Kier alpha value is -3.34. The second-order valence-corrected chi connectivity index (χ2v) is 15.0. The first-order chi connectivity index (χ1) is 23.7. The van der Waals surface area contributed by atoms with Crippen LogP contribution in [0.15, 0.2) is 42.5 Å². The molecule has 2 heterocycles. The Morgan fingerprint density at radius 1 is 1.00 bits per heavy atom. The molecular formula is C38H49ClN4O5S. The maximum absolute atomic E-state index is 14.3. The standard InChI is InChI=1S/C38H49ClN4O5S/c1-2-28(44)20-26(22-35-41-31-16-15-27(39)23-34(31)49-35)38(47)43-36(24-10-4-3-5-11-24)32(45)21-25(12-8-9-18-40)37(46)42-30-17-19-48-33-14-7-6-13-29(30)33/h6-7,13-16,23-26,30,36H,2-5,8-12,17-22,40H2,1H3,(H,42,46)(H,43,47)/t25-,26+,30-,36+/m1/s1. The van der Waals surface area contributed by atoms with Gasteiger partial charge in [-0.2, -0.15) is 0 Å². The van der Waals surface area contributed by atoms with Gasteiger partial charge in [0.2, 0.25) is 11.8 Å². The van der Waals surface area contributed by atoms with Crippen LogP contribution in [0.5, 0.6) is 5.75 Å². The van der Waals surface area contributed by atoms with Gasteiger partial charge in [0.05, 0.1) is 39.8 Å². The summed E-state index contributed by atoms with van der Waals surface area (Å²) in [6.45, 7) is 2.80. The van der Waals surface area contributed by atoms with Crippen LogP contribution in [-0.4, -0.2) is 47.6 Å². The predicted octanol–water partition coefficient (Wildman–Crippen LogP) is 6.89. The van der Waals surface area contributed by atoms with Gasteiger partial charge in [0.15, 0.2) is 5.78 Å². The average Bonchev–Trinajstić information content (AvgIpc) is 3.51. The molecule has 0 radical (unpaired) electrons. The molecule has 1 aliphatic carbocycles. The number of benzene rings is 2. The highest BCUT2D eigenvalue weighted by atomic mass is 35.5. The molecule has 1 aromatic heterocycles. The van der Waals surface area contributed by atoms with Crippen molar-refractivity contribution in [3.05, 3.63) is 58.1 Å². The molecule has 0 saturated heterocycles. The van der Waals surface area contributed by atoms with Crippen molar-refractivity contribution in [2.24, 2.45) is 23.5 Å². The molecule has 2 aromatic carbocycles. The van der Waals surface area contributed by atoms with E-state index in [2.05, 4.69) is 10.6 Å². The van der Waals surface area contributed by atoms with Crippen LogP contribution in [0.2, 0.25) is 5.02 Å². The van der Waals surface area contributed by atoms with Crippen molar-refractivity contribution in [2.75, 3.05) is 13.2 Å². The number of hydrogen-bond donors (Lipinski definition) is 3. The first-order valence-electron chi connectivity index (χ1n) is 17.9. The number of nitrogens with two attached hydrogens (primary N) is 1. The van der Waals surface area contributed by atoms with Gasteiger partial charge in [-0.05, 0) is 62.4 Å². The molecule has 4 N–H and O–H groups in total. The summed E-state index contributed by atoms with van der Waals surface area (Å²) < 4.78 is 6.71. The second kappa shape index (κ2) is 18.1. The third-order valence-corrected chi connectivity index (χ3v) is 11.2. The third-order valence-electron chi connectivity index (χ3n) is 9.92. The lowest BCUT2D eigenvalue weighted by Gasteiger charge is -2.32. The number of nitrogens with one attached hydrogen (secondary N) is 2. The number of fused-ring (bicyclic) bond motifs is 2. The van der Waals surface area contributed by atoms with E-state index >= 15 is 0 Å². The van der Waals surface area contributed by atoms with Crippen LogP contribution in [0.25, 0.3) is 10.2 Å². The molecular weight excluding hydrogens is 660 g/mol. The SMILES string of the molecule is CCC(=O)C[C@@H](Cc1nc2ccc(Cl)cc2s1)C(=O)N[C@H](C(=O)C[C@@H](CCCCN)C(=O)N[C@@H]1CCOc2ccccc21)C1CCCCC1. The van der Waals surface area contributed by atoms with Crippen LogP contribution in [-0.2, 0) is 25.6 Å². The van der Waals surface area contributed by atoms with Crippen molar-refractivity contribution in [1.29, 1.82) is 0 Å². The number of Topliss-reactive ketones (excluding diaryl/α,β-unsaturated/α-hetero) is 2. The number of ether oxygens (including phenoxy) is 1. The van der Waals surface area contributed by atoms with Crippen LogP contribution >= 0.6 is 22.9 Å². The zero-order valence-electron chi connectivity index (χ0n) is 28.4. The minimum Gasteiger partial charge on any atom is -0.493 e. The number of carbonyl (C=O) groups is 4. The first kappa shape index (κ1) is 36.9. The van der Waals surface area contributed by atoms with E-state index in [4.69, 9.17) is 27.1 Å². The van der Waals surface area contributed by atoms with E-state index in [1.54, 1.807) is 13.0 Å². The van der Waals surface area contributed by atoms with Crippen molar-refractivity contribution < 1.29 is 23.9 Å². The Balaban J connectivity index is 1.34. The normalized spacial score (nSPS) is 18.1. The van der Waals surface area contributed by atoms with Gasteiger partial charge in [0, 0.05) is 48.6 Å². The van der Waals surface area contributed by atoms with E-state index in [1.165, 1.54) is 11.3 Å². The molecule has 11 heteroatoms. The highest BCUT2D eigenvalue weighted by Gasteiger charge is 2.36. The van der Waals surface area contributed by atoms with Gasteiger partial charge in [-0.1, -0.05) is 62.4 Å². The van der Waals surface area contributed by atoms with E-state index in [0.29, 0.717) is 37.4 Å². The highest BCUT2D eigenvalue weighted by Crippen LogP contribution is 2.33. The maximum atomic E-state index is 14.3. The molecule has 2 aliphatic rings. The average molecular weight is 709 g/mol. The van der Waals surface area contributed by atoms with Crippen molar-refractivity contribution in [2.45, 2.75) is 102 Å². The quantitative estimate of drug-likeness (QED) is 0.130. The molecule has 4 atom stereocenters. The van der Waals surface area contributed by atoms with Gasteiger partial charge in [0.25, 0.3) is 0 Å². The summed E-state index contributed by atoms with van der Waals surface area (Å²) in [5, 5.41) is 7.70. The Labute approximate surface area is 298 Å². The molecule has 9 nitrogen and oxygen atoms in total. The largest absolute Gasteiger partial charge is 0.493 e. The minimum absolute atomic E-state index is 0.0174. The number of rotatable bonds is 17. The lowest BCUT2D eigenvalue weighted by Crippen LogP contribution is -2.50.